The van der Waals surface area contributed by atoms with Gasteiger partial charge in [-0.3, -0.25) is 4.79 Å². The Hall–Kier alpha value is -1.24. The summed E-state index contributed by atoms with van der Waals surface area (Å²) in [6, 6.07) is 4.69. The maximum atomic E-state index is 12.4. The number of ether oxygens (including phenoxy) is 1. The van der Waals surface area contributed by atoms with Crippen LogP contribution in [-0.4, -0.2) is 49.9 Å². The summed E-state index contributed by atoms with van der Waals surface area (Å²) in [7, 11) is -3.04. The predicted molar refractivity (Wildman–Crippen MR) is 100 cm³/mol. The molecule has 1 atom stereocenters. The van der Waals surface area contributed by atoms with E-state index in [1.807, 2.05) is 0 Å². The van der Waals surface area contributed by atoms with Gasteiger partial charge in [-0.05, 0) is 31.0 Å². The quantitative estimate of drug-likeness (QED) is 0.491. The van der Waals surface area contributed by atoms with Crippen LogP contribution in [-0.2, 0) is 14.6 Å². The summed E-state index contributed by atoms with van der Waals surface area (Å²) >= 11 is 11.8. The number of halogens is 2. The second-order valence-electron chi connectivity index (χ2n) is 5.92. The molecule has 8 heteroatoms. The number of carbonyl (C=O) groups excluding carboxylic acids is 1. The van der Waals surface area contributed by atoms with Crippen LogP contribution in [0.1, 0.15) is 19.3 Å². The summed E-state index contributed by atoms with van der Waals surface area (Å²) in [6.45, 7) is 4.33. The molecule has 0 N–H and O–H groups in total. The van der Waals surface area contributed by atoms with Gasteiger partial charge in [0.25, 0.3) is 0 Å². The molecule has 0 spiro atoms. The molecule has 1 saturated heterocycles. The Bertz CT molecular complexity index is 736. The third-order valence-electron chi connectivity index (χ3n) is 3.98. The minimum absolute atomic E-state index is 0.0312. The highest BCUT2D eigenvalue weighted by atomic mass is 35.5. The molecule has 1 heterocycles. The molecule has 1 aliphatic heterocycles. The highest BCUT2D eigenvalue weighted by Gasteiger charge is 2.33. The number of benzene rings is 1. The van der Waals surface area contributed by atoms with Crippen molar-refractivity contribution in [3.63, 3.8) is 0 Å². The third-order valence-corrected chi connectivity index (χ3v) is 6.26. The van der Waals surface area contributed by atoms with Crippen molar-refractivity contribution >= 4 is 38.9 Å². The van der Waals surface area contributed by atoms with Crippen molar-refractivity contribution in [2.24, 2.45) is 0 Å². The Morgan fingerprint density at radius 2 is 2.16 bits per heavy atom. The molecule has 2 rings (SSSR count). The van der Waals surface area contributed by atoms with Crippen molar-refractivity contribution in [2.45, 2.75) is 25.3 Å². The van der Waals surface area contributed by atoms with Gasteiger partial charge in [0.1, 0.15) is 5.75 Å². The molecule has 0 bridgehead atoms. The normalized spacial score (nSPS) is 18.7. The fraction of sp³-hybridized carbons (Fsp3) is 0.471. The van der Waals surface area contributed by atoms with Gasteiger partial charge < -0.3 is 9.64 Å². The average molecular weight is 406 g/mol. The SMILES string of the molecule is C=CCN(C(=O)CCCOc1ccc(Cl)cc1Cl)C1CCS(=O)(=O)C1. The first kappa shape index (κ1) is 20.1. The van der Waals surface area contributed by atoms with E-state index in [1.165, 1.54) is 0 Å². The number of sulfone groups is 1. The molecule has 1 amide bonds. The van der Waals surface area contributed by atoms with E-state index in [0.29, 0.717) is 41.8 Å². The smallest absolute Gasteiger partial charge is 0.223 e. The monoisotopic (exact) mass is 405 g/mol. The molecule has 5 nitrogen and oxygen atoms in total. The lowest BCUT2D eigenvalue weighted by atomic mass is 10.2. The van der Waals surface area contributed by atoms with Gasteiger partial charge in [-0.15, -0.1) is 6.58 Å². The van der Waals surface area contributed by atoms with Gasteiger partial charge >= 0.3 is 0 Å². The minimum Gasteiger partial charge on any atom is -0.492 e. The van der Waals surface area contributed by atoms with E-state index in [4.69, 9.17) is 27.9 Å². The zero-order valence-electron chi connectivity index (χ0n) is 13.8. The molecule has 0 radical (unpaired) electrons. The summed E-state index contributed by atoms with van der Waals surface area (Å²) < 4.78 is 28.8. The maximum Gasteiger partial charge on any atom is 0.223 e. The van der Waals surface area contributed by atoms with Crippen LogP contribution >= 0.6 is 23.2 Å². The van der Waals surface area contributed by atoms with Gasteiger partial charge in [-0.1, -0.05) is 29.3 Å². The Labute approximate surface area is 158 Å². The van der Waals surface area contributed by atoms with Crippen LogP contribution in [0.3, 0.4) is 0 Å². The minimum atomic E-state index is -3.04. The summed E-state index contributed by atoms with van der Waals surface area (Å²) in [5.74, 6) is 0.594. The van der Waals surface area contributed by atoms with E-state index in [1.54, 1.807) is 29.2 Å². The Balaban J connectivity index is 1.83. The summed E-state index contributed by atoms with van der Waals surface area (Å²) in [6.07, 6.45) is 2.88. The van der Waals surface area contributed by atoms with Gasteiger partial charge in [0.2, 0.25) is 5.91 Å². The summed E-state index contributed by atoms with van der Waals surface area (Å²) in [5.41, 5.74) is 0. The van der Waals surface area contributed by atoms with Crippen LogP contribution in [0, 0.1) is 0 Å². The first-order valence-corrected chi connectivity index (χ1v) is 10.6. The standard InChI is InChI=1S/C17H21Cl2NO4S/c1-2-8-20(14-7-10-25(22,23)12-14)17(21)4-3-9-24-16-6-5-13(18)11-15(16)19/h2,5-6,11,14H,1,3-4,7-10,12H2. The van der Waals surface area contributed by atoms with E-state index < -0.39 is 9.84 Å². The van der Waals surface area contributed by atoms with Crippen LogP contribution in [0.25, 0.3) is 0 Å². The van der Waals surface area contributed by atoms with Crippen LogP contribution in [0.5, 0.6) is 5.75 Å². The molecule has 1 aromatic rings. The lowest BCUT2D eigenvalue weighted by Crippen LogP contribution is -2.41. The van der Waals surface area contributed by atoms with Crippen molar-refractivity contribution in [3.8, 4) is 5.75 Å². The fourth-order valence-corrected chi connectivity index (χ4v) is 4.95. The van der Waals surface area contributed by atoms with Crippen LogP contribution in [0.4, 0.5) is 0 Å². The molecule has 1 aliphatic rings. The topological polar surface area (TPSA) is 63.7 Å². The molecule has 1 aromatic carbocycles. The third kappa shape index (κ3) is 5.90. The van der Waals surface area contributed by atoms with Crippen molar-refractivity contribution in [2.75, 3.05) is 24.7 Å². The van der Waals surface area contributed by atoms with Gasteiger partial charge in [0.05, 0.1) is 23.1 Å². The van der Waals surface area contributed by atoms with E-state index in [9.17, 15) is 13.2 Å². The first-order valence-electron chi connectivity index (χ1n) is 8.01. The molecule has 1 unspecified atom stereocenters. The van der Waals surface area contributed by atoms with E-state index in [2.05, 4.69) is 6.58 Å². The molecule has 25 heavy (non-hydrogen) atoms. The van der Waals surface area contributed by atoms with Crippen molar-refractivity contribution in [1.82, 2.24) is 4.90 Å². The lowest BCUT2D eigenvalue weighted by molar-refractivity contribution is -0.132. The zero-order chi connectivity index (χ0) is 18.4. The number of amides is 1. The second kappa shape index (κ2) is 8.92. The number of carbonyl (C=O) groups is 1. The van der Waals surface area contributed by atoms with E-state index in [-0.39, 0.29) is 29.9 Å². The molecule has 0 aromatic heterocycles. The maximum absolute atomic E-state index is 12.4. The number of rotatable bonds is 8. The van der Waals surface area contributed by atoms with Crippen molar-refractivity contribution < 1.29 is 17.9 Å². The Morgan fingerprint density at radius 3 is 2.76 bits per heavy atom. The van der Waals surface area contributed by atoms with E-state index >= 15 is 0 Å². The molecular weight excluding hydrogens is 385 g/mol. The second-order valence-corrected chi connectivity index (χ2v) is 8.99. The Kier molecular flexibility index (Phi) is 7.16. The van der Waals surface area contributed by atoms with Crippen LogP contribution < -0.4 is 4.74 Å². The Morgan fingerprint density at radius 1 is 1.40 bits per heavy atom. The van der Waals surface area contributed by atoms with Gasteiger partial charge in [-0.2, -0.15) is 0 Å². The van der Waals surface area contributed by atoms with Crippen molar-refractivity contribution in [1.29, 1.82) is 0 Å². The molecular formula is C17H21Cl2NO4S. The largest absolute Gasteiger partial charge is 0.492 e. The molecule has 1 fully saturated rings. The highest BCUT2D eigenvalue weighted by Crippen LogP contribution is 2.27. The predicted octanol–water partition coefficient (Wildman–Crippen LogP) is 3.35. The first-order chi connectivity index (χ1) is 11.8. The number of hydrogen-bond donors (Lipinski definition) is 0. The molecule has 0 aliphatic carbocycles. The van der Waals surface area contributed by atoms with Crippen LogP contribution in [0.2, 0.25) is 10.0 Å². The zero-order valence-corrected chi connectivity index (χ0v) is 16.1. The van der Waals surface area contributed by atoms with Gasteiger partial charge in [0, 0.05) is 24.0 Å². The lowest BCUT2D eigenvalue weighted by Gasteiger charge is -2.27. The van der Waals surface area contributed by atoms with Crippen molar-refractivity contribution in [3.05, 3.63) is 40.9 Å². The average Bonchev–Trinajstić information content (AvgIpc) is 2.90. The molecule has 138 valence electrons. The number of hydrogen-bond acceptors (Lipinski definition) is 4. The van der Waals surface area contributed by atoms with Crippen LogP contribution in [0.15, 0.2) is 30.9 Å². The van der Waals surface area contributed by atoms with Gasteiger partial charge in [0.15, 0.2) is 9.84 Å². The highest BCUT2D eigenvalue weighted by molar-refractivity contribution is 7.91. The fourth-order valence-electron chi connectivity index (χ4n) is 2.76. The number of nitrogens with zero attached hydrogens (tertiary/aromatic N) is 1. The summed E-state index contributed by atoms with van der Waals surface area (Å²) in [4.78, 5) is 14.0. The van der Waals surface area contributed by atoms with Gasteiger partial charge in [-0.25, -0.2) is 8.42 Å². The molecule has 0 saturated carbocycles. The van der Waals surface area contributed by atoms with E-state index in [0.717, 1.165) is 0 Å². The summed E-state index contributed by atoms with van der Waals surface area (Å²) in [5, 5.41) is 0.947.